The van der Waals surface area contributed by atoms with E-state index in [0.29, 0.717) is 5.25 Å². The van der Waals surface area contributed by atoms with Gasteiger partial charge in [0.05, 0.1) is 0 Å². The Morgan fingerprint density at radius 3 is 2.29 bits per heavy atom. The fourth-order valence-electron chi connectivity index (χ4n) is 1.62. The van der Waals surface area contributed by atoms with Gasteiger partial charge in [-0.15, -0.1) is 11.8 Å². The third kappa shape index (κ3) is 3.60. The van der Waals surface area contributed by atoms with Crippen molar-refractivity contribution in [2.45, 2.75) is 17.9 Å². The molecule has 0 aliphatic carbocycles. The Bertz CT molecular complexity index is 450. The van der Waals surface area contributed by atoms with Crippen LogP contribution in [0.5, 0.6) is 0 Å². The van der Waals surface area contributed by atoms with Crippen LogP contribution in [-0.4, -0.2) is 0 Å². The van der Waals surface area contributed by atoms with E-state index >= 15 is 0 Å². The van der Waals surface area contributed by atoms with E-state index in [4.69, 9.17) is 0 Å². The van der Waals surface area contributed by atoms with Gasteiger partial charge < -0.3 is 0 Å². The summed E-state index contributed by atoms with van der Waals surface area (Å²) in [4.78, 5) is 0. The minimum Gasteiger partial charge on any atom is -0.207 e. The van der Waals surface area contributed by atoms with Gasteiger partial charge in [-0.1, -0.05) is 42.5 Å². The first-order valence-electron chi connectivity index (χ1n) is 5.66. The zero-order valence-corrected chi connectivity index (χ0v) is 10.6. The van der Waals surface area contributed by atoms with Gasteiger partial charge in [-0.2, -0.15) is 0 Å². The lowest BCUT2D eigenvalue weighted by Crippen LogP contribution is -1.89. The van der Waals surface area contributed by atoms with Crippen molar-refractivity contribution in [1.82, 2.24) is 0 Å². The van der Waals surface area contributed by atoms with Gasteiger partial charge in [-0.25, -0.2) is 4.39 Å². The summed E-state index contributed by atoms with van der Waals surface area (Å²) < 4.78 is 12.7. The van der Waals surface area contributed by atoms with Crippen molar-refractivity contribution in [2.75, 3.05) is 0 Å². The van der Waals surface area contributed by atoms with E-state index in [0.717, 1.165) is 5.75 Å². The van der Waals surface area contributed by atoms with Gasteiger partial charge in [0.2, 0.25) is 0 Å². The highest BCUT2D eigenvalue weighted by atomic mass is 32.2. The molecule has 0 bridgehead atoms. The fourth-order valence-corrected chi connectivity index (χ4v) is 2.61. The minimum atomic E-state index is -0.171. The molecule has 88 valence electrons. The quantitative estimate of drug-likeness (QED) is 0.745. The van der Waals surface area contributed by atoms with Gasteiger partial charge in [0.1, 0.15) is 5.82 Å². The molecule has 2 aromatic carbocycles. The standard InChI is InChI=1S/C15H15FS/c1-12(14-5-3-2-4-6-14)17-11-13-7-9-15(16)10-8-13/h2-10,12H,11H2,1H3. The van der Waals surface area contributed by atoms with Crippen LogP contribution in [-0.2, 0) is 5.75 Å². The normalized spacial score (nSPS) is 12.4. The highest BCUT2D eigenvalue weighted by molar-refractivity contribution is 7.98. The molecule has 1 atom stereocenters. The highest BCUT2D eigenvalue weighted by Crippen LogP contribution is 2.30. The maximum absolute atomic E-state index is 12.7. The lowest BCUT2D eigenvalue weighted by atomic mass is 10.2. The van der Waals surface area contributed by atoms with Gasteiger partial charge in [-0.05, 0) is 30.2 Å². The summed E-state index contributed by atoms with van der Waals surface area (Å²) in [6.07, 6.45) is 0. The molecule has 0 aromatic heterocycles. The largest absolute Gasteiger partial charge is 0.207 e. The second-order valence-corrected chi connectivity index (χ2v) is 5.32. The van der Waals surface area contributed by atoms with Crippen LogP contribution in [0.3, 0.4) is 0 Å². The Hall–Kier alpha value is -1.28. The summed E-state index contributed by atoms with van der Waals surface area (Å²) in [5.74, 6) is 0.742. The highest BCUT2D eigenvalue weighted by Gasteiger charge is 2.05. The van der Waals surface area contributed by atoms with Gasteiger partial charge in [0, 0.05) is 11.0 Å². The Balaban J connectivity index is 1.92. The Morgan fingerprint density at radius 1 is 1.00 bits per heavy atom. The molecule has 0 saturated carbocycles. The van der Waals surface area contributed by atoms with E-state index in [1.165, 1.54) is 23.3 Å². The molecule has 2 rings (SSSR count). The van der Waals surface area contributed by atoms with Crippen molar-refractivity contribution in [2.24, 2.45) is 0 Å². The molecule has 2 heteroatoms. The van der Waals surface area contributed by atoms with Crippen LogP contribution in [0.15, 0.2) is 54.6 Å². The lowest BCUT2D eigenvalue weighted by molar-refractivity contribution is 0.627. The second-order valence-electron chi connectivity index (χ2n) is 3.99. The van der Waals surface area contributed by atoms with Crippen LogP contribution < -0.4 is 0 Å². The summed E-state index contributed by atoms with van der Waals surface area (Å²) in [6.45, 7) is 2.20. The summed E-state index contributed by atoms with van der Waals surface area (Å²) in [5.41, 5.74) is 2.50. The molecular weight excluding hydrogens is 231 g/mol. The van der Waals surface area contributed by atoms with Crippen molar-refractivity contribution in [3.05, 3.63) is 71.5 Å². The molecule has 2 aromatic rings. The molecule has 0 fully saturated rings. The summed E-state index contributed by atoms with van der Waals surface area (Å²) in [6, 6.07) is 17.2. The zero-order valence-electron chi connectivity index (χ0n) is 9.77. The zero-order chi connectivity index (χ0) is 12.1. The Labute approximate surface area is 106 Å². The molecule has 17 heavy (non-hydrogen) atoms. The van der Waals surface area contributed by atoms with Gasteiger partial charge >= 0.3 is 0 Å². The SMILES string of the molecule is CC(SCc1ccc(F)cc1)c1ccccc1. The van der Waals surface area contributed by atoms with Crippen molar-refractivity contribution in [1.29, 1.82) is 0 Å². The monoisotopic (exact) mass is 246 g/mol. The summed E-state index contributed by atoms with van der Waals surface area (Å²) >= 11 is 1.87. The molecule has 0 amide bonds. The molecule has 0 nitrogen and oxygen atoms in total. The fraction of sp³-hybridized carbons (Fsp3) is 0.200. The second kappa shape index (κ2) is 5.87. The maximum atomic E-state index is 12.7. The first-order chi connectivity index (χ1) is 8.25. The maximum Gasteiger partial charge on any atom is 0.123 e. The van der Waals surface area contributed by atoms with Gasteiger partial charge in [0.25, 0.3) is 0 Å². The smallest absolute Gasteiger partial charge is 0.123 e. The van der Waals surface area contributed by atoms with E-state index < -0.39 is 0 Å². The van der Waals surface area contributed by atoms with Crippen LogP contribution >= 0.6 is 11.8 Å². The van der Waals surface area contributed by atoms with Crippen LogP contribution in [0.1, 0.15) is 23.3 Å². The third-order valence-electron chi connectivity index (χ3n) is 2.68. The van der Waals surface area contributed by atoms with Crippen molar-refractivity contribution < 1.29 is 4.39 Å². The van der Waals surface area contributed by atoms with Gasteiger partial charge in [0.15, 0.2) is 0 Å². The van der Waals surface area contributed by atoms with Crippen LogP contribution in [0.2, 0.25) is 0 Å². The molecule has 0 aliphatic rings. The molecule has 0 spiro atoms. The number of halogens is 1. The predicted octanol–water partition coefficient (Wildman–Crippen LogP) is 4.82. The third-order valence-corrected chi connectivity index (χ3v) is 3.95. The summed E-state index contributed by atoms with van der Waals surface area (Å²) in [7, 11) is 0. The van der Waals surface area contributed by atoms with Crippen molar-refractivity contribution in [3.63, 3.8) is 0 Å². The number of rotatable bonds is 4. The summed E-state index contributed by atoms with van der Waals surface area (Å²) in [5, 5.41) is 0.459. The average Bonchev–Trinajstić information content (AvgIpc) is 2.39. The Kier molecular flexibility index (Phi) is 4.21. The molecule has 0 saturated heterocycles. The molecule has 0 aliphatic heterocycles. The molecular formula is C15H15FS. The first kappa shape index (κ1) is 12.2. The molecule has 0 heterocycles. The van der Waals surface area contributed by atoms with E-state index in [9.17, 15) is 4.39 Å². The average molecular weight is 246 g/mol. The van der Waals surface area contributed by atoms with E-state index in [2.05, 4.69) is 31.2 Å². The lowest BCUT2D eigenvalue weighted by Gasteiger charge is -2.11. The number of benzene rings is 2. The molecule has 1 unspecified atom stereocenters. The molecule has 0 N–H and O–H groups in total. The van der Waals surface area contributed by atoms with Gasteiger partial charge in [-0.3, -0.25) is 0 Å². The van der Waals surface area contributed by atoms with E-state index in [1.807, 2.05) is 30.0 Å². The van der Waals surface area contributed by atoms with E-state index in [1.54, 1.807) is 0 Å². The number of hydrogen-bond acceptors (Lipinski definition) is 1. The van der Waals surface area contributed by atoms with Crippen molar-refractivity contribution >= 4 is 11.8 Å². The van der Waals surface area contributed by atoms with Crippen molar-refractivity contribution in [3.8, 4) is 0 Å². The number of hydrogen-bond donors (Lipinski definition) is 0. The van der Waals surface area contributed by atoms with Crippen LogP contribution in [0.25, 0.3) is 0 Å². The predicted molar refractivity (Wildman–Crippen MR) is 72.6 cm³/mol. The number of thioether (sulfide) groups is 1. The minimum absolute atomic E-state index is 0.171. The van der Waals surface area contributed by atoms with Crippen LogP contribution in [0, 0.1) is 5.82 Å². The first-order valence-corrected chi connectivity index (χ1v) is 6.71. The van der Waals surface area contributed by atoms with E-state index in [-0.39, 0.29) is 5.82 Å². The molecule has 0 radical (unpaired) electrons. The Morgan fingerprint density at radius 2 is 1.65 bits per heavy atom. The van der Waals surface area contributed by atoms with Crippen LogP contribution in [0.4, 0.5) is 4.39 Å². The topological polar surface area (TPSA) is 0 Å².